The van der Waals surface area contributed by atoms with Gasteiger partial charge in [-0.25, -0.2) is 0 Å². The fourth-order valence-corrected chi connectivity index (χ4v) is 2.48. The van der Waals surface area contributed by atoms with Crippen molar-refractivity contribution in [2.75, 3.05) is 12.4 Å². The SMILES string of the molecule is CCc1ccc(OCc2ccc(Cl)cc2NC(=S)OC)c(C)c1. The van der Waals surface area contributed by atoms with Crippen LogP contribution in [0.3, 0.4) is 0 Å². The van der Waals surface area contributed by atoms with Gasteiger partial charge in [0, 0.05) is 16.3 Å². The van der Waals surface area contributed by atoms with Gasteiger partial charge in [0.15, 0.2) is 0 Å². The summed E-state index contributed by atoms with van der Waals surface area (Å²) in [6.45, 7) is 4.60. The molecule has 23 heavy (non-hydrogen) atoms. The molecule has 2 aromatic rings. The smallest absolute Gasteiger partial charge is 0.260 e. The minimum Gasteiger partial charge on any atom is -0.489 e. The van der Waals surface area contributed by atoms with Gasteiger partial charge in [-0.2, -0.15) is 0 Å². The molecular formula is C18H20ClNO2S. The first-order valence-corrected chi connectivity index (χ1v) is 8.17. The number of benzene rings is 2. The first-order valence-electron chi connectivity index (χ1n) is 7.39. The van der Waals surface area contributed by atoms with Crippen molar-refractivity contribution < 1.29 is 9.47 Å². The summed E-state index contributed by atoms with van der Waals surface area (Å²) >= 11 is 11.1. The lowest BCUT2D eigenvalue weighted by molar-refractivity contribution is 0.304. The monoisotopic (exact) mass is 349 g/mol. The second kappa shape index (κ2) is 8.18. The molecule has 5 heteroatoms. The minimum atomic E-state index is 0.289. The van der Waals surface area contributed by atoms with Crippen molar-refractivity contribution in [3.8, 4) is 5.75 Å². The molecule has 0 aliphatic carbocycles. The number of thiocarbonyl (C=S) groups is 1. The molecule has 1 N–H and O–H groups in total. The van der Waals surface area contributed by atoms with E-state index in [0.29, 0.717) is 11.6 Å². The molecule has 3 nitrogen and oxygen atoms in total. The Bertz CT molecular complexity index is 703. The van der Waals surface area contributed by atoms with Crippen molar-refractivity contribution in [1.82, 2.24) is 0 Å². The average molecular weight is 350 g/mol. The van der Waals surface area contributed by atoms with Gasteiger partial charge >= 0.3 is 0 Å². The Morgan fingerprint density at radius 2 is 2.00 bits per heavy atom. The Balaban J connectivity index is 2.15. The summed E-state index contributed by atoms with van der Waals surface area (Å²) in [5.74, 6) is 0.873. The van der Waals surface area contributed by atoms with Crippen molar-refractivity contribution >= 4 is 34.7 Å². The molecule has 0 bridgehead atoms. The first kappa shape index (κ1) is 17.6. The van der Waals surface area contributed by atoms with Gasteiger partial charge in [-0.15, -0.1) is 0 Å². The highest BCUT2D eigenvalue weighted by Crippen LogP contribution is 2.25. The average Bonchev–Trinajstić information content (AvgIpc) is 2.54. The molecule has 0 amide bonds. The van der Waals surface area contributed by atoms with E-state index in [9.17, 15) is 0 Å². The van der Waals surface area contributed by atoms with Crippen LogP contribution in [0.5, 0.6) is 5.75 Å². The number of rotatable bonds is 5. The normalized spacial score (nSPS) is 10.3. The van der Waals surface area contributed by atoms with Crippen LogP contribution in [0.25, 0.3) is 0 Å². The first-order chi connectivity index (χ1) is 11.0. The highest BCUT2D eigenvalue weighted by molar-refractivity contribution is 7.80. The summed E-state index contributed by atoms with van der Waals surface area (Å²) in [5.41, 5.74) is 4.16. The van der Waals surface area contributed by atoms with E-state index < -0.39 is 0 Å². The van der Waals surface area contributed by atoms with Crippen LogP contribution in [0.2, 0.25) is 5.02 Å². The molecule has 0 unspecified atom stereocenters. The maximum Gasteiger partial charge on any atom is 0.260 e. The highest BCUT2D eigenvalue weighted by atomic mass is 35.5. The zero-order chi connectivity index (χ0) is 16.8. The van der Waals surface area contributed by atoms with Crippen LogP contribution < -0.4 is 10.1 Å². The Labute approximate surface area is 147 Å². The Kier molecular flexibility index (Phi) is 6.25. The van der Waals surface area contributed by atoms with Crippen molar-refractivity contribution in [3.63, 3.8) is 0 Å². The summed E-state index contributed by atoms with van der Waals surface area (Å²) in [6, 6.07) is 11.8. The van der Waals surface area contributed by atoms with E-state index >= 15 is 0 Å². The van der Waals surface area contributed by atoms with Gasteiger partial charge in [-0.05, 0) is 54.9 Å². The molecule has 0 radical (unpaired) electrons. The maximum atomic E-state index is 6.05. The number of ether oxygens (including phenoxy) is 2. The Morgan fingerprint density at radius 3 is 2.65 bits per heavy atom. The summed E-state index contributed by atoms with van der Waals surface area (Å²) in [5, 5.41) is 3.93. The van der Waals surface area contributed by atoms with Crippen LogP contribution in [-0.2, 0) is 17.8 Å². The predicted molar refractivity (Wildman–Crippen MR) is 99.6 cm³/mol. The van der Waals surface area contributed by atoms with Gasteiger partial charge in [0.25, 0.3) is 5.17 Å². The fraction of sp³-hybridized carbons (Fsp3) is 0.278. The lowest BCUT2D eigenvalue weighted by Gasteiger charge is -2.15. The van der Waals surface area contributed by atoms with E-state index in [1.54, 1.807) is 6.07 Å². The third kappa shape index (κ3) is 4.85. The molecule has 2 rings (SSSR count). The summed E-state index contributed by atoms with van der Waals surface area (Å²) in [7, 11) is 1.52. The van der Waals surface area contributed by atoms with Gasteiger partial charge in [-0.1, -0.05) is 36.7 Å². The Morgan fingerprint density at radius 1 is 1.22 bits per heavy atom. The topological polar surface area (TPSA) is 30.5 Å². The number of hydrogen-bond donors (Lipinski definition) is 1. The summed E-state index contributed by atoms with van der Waals surface area (Å²) in [4.78, 5) is 0. The van der Waals surface area contributed by atoms with E-state index in [2.05, 4.69) is 31.3 Å². The van der Waals surface area contributed by atoms with Crippen molar-refractivity contribution in [2.45, 2.75) is 26.9 Å². The quantitative estimate of drug-likeness (QED) is 0.758. The number of methoxy groups -OCH3 is 1. The fourth-order valence-electron chi connectivity index (χ4n) is 2.20. The number of anilines is 1. The Hall–Kier alpha value is -1.78. The lowest BCUT2D eigenvalue weighted by atomic mass is 10.1. The van der Waals surface area contributed by atoms with Gasteiger partial charge in [0.1, 0.15) is 12.4 Å². The van der Waals surface area contributed by atoms with Crippen LogP contribution in [0.1, 0.15) is 23.6 Å². The van der Waals surface area contributed by atoms with E-state index in [-0.39, 0.29) is 5.17 Å². The van der Waals surface area contributed by atoms with Gasteiger partial charge < -0.3 is 14.8 Å². The van der Waals surface area contributed by atoms with E-state index in [1.165, 1.54) is 12.7 Å². The van der Waals surface area contributed by atoms with E-state index in [4.69, 9.17) is 33.3 Å². The third-order valence-electron chi connectivity index (χ3n) is 3.52. The van der Waals surface area contributed by atoms with Crippen LogP contribution in [0.15, 0.2) is 36.4 Å². The zero-order valence-electron chi connectivity index (χ0n) is 13.5. The zero-order valence-corrected chi connectivity index (χ0v) is 15.1. The van der Waals surface area contributed by atoms with Crippen molar-refractivity contribution in [3.05, 3.63) is 58.1 Å². The van der Waals surface area contributed by atoms with E-state index in [0.717, 1.165) is 29.0 Å². The summed E-state index contributed by atoms with van der Waals surface area (Å²) in [6.07, 6.45) is 1.01. The predicted octanol–water partition coefficient (Wildman–Crippen LogP) is 5.13. The number of aryl methyl sites for hydroxylation is 2. The van der Waals surface area contributed by atoms with Crippen LogP contribution >= 0.6 is 23.8 Å². The van der Waals surface area contributed by atoms with Gasteiger partial charge in [-0.3, -0.25) is 0 Å². The third-order valence-corrected chi connectivity index (χ3v) is 4.03. The van der Waals surface area contributed by atoms with E-state index in [1.807, 2.05) is 18.2 Å². The van der Waals surface area contributed by atoms with Crippen LogP contribution in [-0.4, -0.2) is 12.3 Å². The van der Waals surface area contributed by atoms with Crippen molar-refractivity contribution in [1.29, 1.82) is 0 Å². The summed E-state index contributed by atoms with van der Waals surface area (Å²) < 4.78 is 10.9. The number of nitrogens with one attached hydrogen (secondary N) is 1. The largest absolute Gasteiger partial charge is 0.489 e. The molecule has 122 valence electrons. The van der Waals surface area contributed by atoms with Crippen LogP contribution in [0.4, 0.5) is 5.69 Å². The second-order valence-electron chi connectivity index (χ2n) is 5.16. The second-order valence-corrected chi connectivity index (χ2v) is 5.97. The lowest BCUT2D eigenvalue weighted by Crippen LogP contribution is -2.13. The highest BCUT2D eigenvalue weighted by Gasteiger charge is 2.08. The van der Waals surface area contributed by atoms with Crippen molar-refractivity contribution in [2.24, 2.45) is 0 Å². The van der Waals surface area contributed by atoms with Gasteiger partial charge in [0.05, 0.1) is 7.11 Å². The molecule has 0 aliphatic heterocycles. The maximum absolute atomic E-state index is 6.05. The molecule has 0 spiro atoms. The molecular weight excluding hydrogens is 330 g/mol. The molecule has 0 saturated carbocycles. The van der Waals surface area contributed by atoms with Crippen LogP contribution in [0, 0.1) is 6.92 Å². The molecule has 0 saturated heterocycles. The molecule has 2 aromatic carbocycles. The number of hydrogen-bond acceptors (Lipinski definition) is 3. The molecule has 0 aliphatic rings. The molecule has 0 fully saturated rings. The molecule has 0 aromatic heterocycles. The molecule has 0 atom stereocenters. The number of halogens is 1. The van der Waals surface area contributed by atoms with Gasteiger partial charge in [0.2, 0.25) is 0 Å². The minimum absolute atomic E-state index is 0.289. The molecule has 0 heterocycles. The standard InChI is InChI=1S/C18H20ClNO2S/c1-4-13-5-8-17(12(2)9-13)22-11-14-6-7-15(19)10-16(14)20-18(23)21-3/h5-10H,4,11H2,1-3H3,(H,20,23).